The summed E-state index contributed by atoms with van der Waals surface area (Å²) in [7, 11) is 4.24. The molecule has 0 aliphatic carbocycles. The van der Waals surface area contributed by atoms with Gasteiger partial charge in [0.15, 0.2) is 0 Å². The van der Waals surface area contributed by atoms with Gasteiger partial charge < -0.3 is 10.2 Å². The molecule has 1 N–H and O–H groups in total. The summed E-state index contributed by atoms with van der Waals surface area (Å²) in [6.07, 6.45) is 1.20. The van der Waals surface area contributed by atoms with E-state index in [0.717, 1.165) is 6.54 Å². The molecule has 0 saturated heterocycles. The van der Waals surface area contributed by atoms with Crippen molar-refractivity contribution in [2.45, 2.75) is 39.3 Å². The Balaban J connectivity index is 2.72. The van der Waals surface area contributed by atoms with Crippen molar-refractivity contribution >= 4 is 0 Å². The molecule has 96 valence electrons. The minimum Gasteiger partial charge on any atom is -0.312 e. The van der Waals surface area contributed by atoms with Gasteiger partial charge in [0.05, 0.1) is 0 Å². The molecule has 0 aliphatic heterocycles. The third-order valence-corrected chi connectivity index (χ3v) is 3.61. The lowest BCUT2D eigenvalue weighted by atomic mass is 10.0. The highest BCUT2D eigenvalue weighted by atomic mass is 15.1. The molecule has 0 aromatic heterocycles. The van der Waals surface area contributed by atoms with Gasteiger partial charge in [-0.05, 0) is 39.9 Å². The maximum atomic E-state index is 3.41. The molecule has 2 heteroatoms. The van der Waals surface area contributed by atoms with E-state index in [0.29, 0.717) is 12.1 Å². The Labute approximate surface area is 106 Å². The maximum absolute atomic E-state index is 3.41. The van der Waals surface area contributed by atoms with Gasteiger partial charge in [0, 0.05) is 18.6 Å². The average Bonchev–Trinajstić information content (AvgIpc) is 2.34. The van der Waals surface area contributed by atoms with Crippen LogP contribution in [-0.2, 0) is 0 Å². The molecular formula is C15H26N2. The van der Waals surface area contributed by atoms with Gasteiger partial charge in [-0.3, -0.25) is 0 Å². The summed E-state index contributed by atoms with van der Waals surface area (Å²) in [5, 5.41) is 3.41. The molecule has 0 aliphatic rings. The van der Waals surface area contributed by atoms with Crippen LogP contribution in [-0.4, -0.2) is 31.6 Å². The molecule has 0 bridgehead atoms. The van der Waals surface area contributed by atoms with E-state index in [1.165, 1.54) is 17.5 Å². The molecule has 17 heavy (non-hydrogen) atoms. The molecule has 0 radical (unpaired) electrons. The Morgan fingerprint density at radius 3 is 2.59 bits per heavy atom. The summed E-state index contributed by atoms with van der Waals surface area (Å²) in [5.74, 6) is 0. The molecule has 0 fully saturated rings. The molecule has 1 aromatic rings. The van der Waals surface area contributed by atoms with Gasteiger partial charge in [-0.1, -0.05) is 36.8 Å². The maximum Gasteiger partial charge on any atom is 0.0446 e. The number of nitrogens with one attached hydrogen (secondary N) is 1. The second-order valence-corrected chi connectivity index (χ2v) is 4.95. The number of nitrogens with zero attached hydrogens (tertiary/aromatic N) is 1. The number of hydrogen-bond donors (Lipinski definition) is 1. The fourth-order valence-electron chi connectivity index (χ4n) is 2.03. The highest BCUT2D eigenvalue weighted by Gasteiger charge is 2.14. The van der Waals surface area contributed by atoms with Gasteiger partial charge in [0.25, 0.3) is 0 Å². The summed E-state index contributed by atoms with van der Waals surface area (Å²) < 4.78 is 0. The zero-order chi connectivity index (χ0) is 12.8. The zero-order valence-electron chi connectivity index (χ0n) is 11.8. The zero-order valence-corrected chi connectivity index (χ0v) is 11.8. The van der Waals surface area contributed by atoms with Crippen LogP contribution in [0.3, 0.4) is 0 Å². The van der Waals surface area contributed by atoms with E-state index in [2.05, 4.69) is 62.3 Å². The lowest BCUT2D eigenvalue weighted by Crippen LogP contribution is -2.36. The molecule has 2 unspecified atom stereocenters. The second-order valence-electron chi connectivity index (χ2n) is 4.95. The molecule has 1 aromatic carbocycles. The first-order valence-electron chi connectivity index (χ1n) is 6.52. The van der Waals surface area contributed by atoms with E-state index in [4.69, 9.17) is 0 Å². The van der Waals surface area contributed by atoms with Crippen LogP contribution >= 0.6 is 0 Å². The molecule has 2 nitrogen and oxygen atoms in total. The SMILES string of the molecule is CCC(C)N(C)CC(NC)c1cccc(C)c1. The fraction of sp³-hybridized carbons (Fsp3) is 0.600. The van der Waals surface area contributed by atoms with Crippen LogP contribution in [0.25, 0.3) is 0 Å². The van der Waals surface area contributed by atoms with Crippen LogP contribution in [0.4, 0.5) is 0 Å². The van der Waals surface area contributed by atoms with E-state index in [9.17, 15) is 0 Å². The van der Waals surface area contributed by atoms with Crippen molar-refractivity contribution in [1.29, 1.82) is 0 Å². The summed E-state index contributed by atoms with van der Waals surface area (Å²) in [4.78, 5) is 2.42. The van der Waals surface area contributed by atoms with E-state index >= 15 is 0 Å². The van der Waals surface area contributed by atoms with E-state index in [1.807, 2.05) is 7.05 Å². The Morgan fingerprint density at radius 2 is 2.06 bits per heavy atom. The first-order chi connectivity index (χ1) is 8.08. The van der Waals surface area contributed by atoms with E-state index in [1.54, 1.807) is 0 Å². The predicted molar refractivity (Wildman–Crippen MR) is 75.4 cm³/mol. The van der Waals surface area contributed by atoms with E-state index < -0.39 is 0 Å². The first kappa shape index (κ1) is 14.2. The van der Waals surface area contributed by atoms with Crippen molar-refractivity contribution in [3.63, 3.8) is 0 Å². The molecule has 0 heterocycles. The van der Waals surface area contributed by atoms with Crippen LogP contribution in [0, 0.1) is 6.92 Å². The third-order valence-electron chi connectivity index (χ3n) is 3.61. The first-order valence-corrected chi connectivity index (χ1v) is 6.52. The standard InChI is InChI=1S/C15H26N2/c1-6-13(3)17(5)11-15(16-4)14-9-7-8-12(2)10-14/h7-10,13,15-16H,6,11H2,1-5H3. The molecule has 2 atom stereocenters. The second kappa shape index (κ2) is 6.77. The Kier molecular flexibility index (Phi) is 5.66. The quantitative estimate of drug-likeness (QED) is 0.814. The number of hydrogen-bond acceptors (Lipinski definition) is 2. The Hall–Kier alpha value is -0.860. The number of benzene rings is 1. The Bertz CT molecular complexity index is 335. The van der Waals surface area contributed by atoms with Gasteiger partial charge in [-0.2, -0.15) is 0 Å². The van der Waals surface area contributed by atoms with E-state index in [-0.39, 0.29) is 0 Å². The van der Waals surface area contributed by atoms with Crippen LogP contribution in [0.2, 0.25) is 0 Å². The van der Waals surface area contributed by atoms with Crippen molar-refractivity contribution in [3.8, 4) is 0 Å². The summed E-state index contributed by atoms with van der Waals surface area (Å²) in [6, 6.07) is 9.81. The monoisotopic (exact) mass is 234 g/mol. The molecule has 0 spiro atoms. The third kappa shape index (κ3) is 4.14. The largest absolute Gasteiger partial charge is 0.312 e. The van der Waals surface area contributed by atoms with Gasteiger partial charge in [-0.15, -0.1) is 0 Å². The van der Waals surface area contributed by atoms with Gasteiger partial charge >= 0.3 is 0 Å². The smallest absolute Gasteiger partial charge is 0.0446 e. The van der Waals surface area contributed by atoms with Crippen LogP contribution in [0.15, 0.2) is 24.3 Å². The summed E-state index contributed by atoms with van der Waals surface area (Å²) in [6.45, 7) is 7.72. The molecule has 1 rings (SSSR count). The van der Waals surface area contributed by atoms with Gasteiger partial charge in [0.1, 0.15) is 0 Å². The molecule has 0 saturated carbocycles. The van der Waals surface area contributed by atoms with Crippen molar-refractivity contribution in [3.05, 3.63) is 35.4 Å². The lowest BCUT2D eigenvalue weighted by molar-refractivity contribution is 0.228. The number of likely N-dealkylation sites (N-methyl/N-ethyl adjacent to an activating group) is 2. The van der Waals surface area contributed by atoms with Gasteiger partial charge in [0.2, 0.25) is 0 Å². The predicted octanol–water partition coefficient (Wildman–Crippen LogP) is 2.99. The highest BCUT2D eigenvalue weighted by molar-refractivity contribution is 5.25. The fourth-order valence-corrected chi connectivity index (χ4v) is 2.03. The molecule has 0 amide bonds. The van der Waals surface area contributed by atoms with Crippen LogP contribution in [0.1, 0.15) is 37.4 Å². The Morgan fingerprint density at radius 1 is 1.35 bits per heavy atom. The number of aryl methyl sites for hydroxylation is 1. The minimum atomic E-state index is 0.411. The lowest BCUT2D eigenvalue weighted by Gasteiger charge is -2.28. The van der Waals surface area contributed by atoms with Crippen molar-refractivity contribution < 1.29 is 0 Å². The summed E-state index contributed by atoms with van der Waals surface area (Å²) in [5.41, 5.74) is 2.71. The van der Waals surface area contributed by atoms with Gasteiger partial charge in [-0.25, -0.2) is 0 Å². The highest BCUT2D eigenvalue weighted by Crippen LogP contribution is 2.16. The summed E-state index contributed by atoms with van der Waals surface area (Å²) >= 11 is 0. The number of rotatable bonds is 6. The average molecular weight is 234 g/mol. The van der Waals surface area contributed by atoms with Crippen molar-refractivity contribution in [1.82, 2.24) is 10.2 Å². The van der Waals surface area contributed by atoms with Crippen molar-refractivity contribution in [2.75, 3.05) is 20.6 Å². The topological polar surface area (TPSA) is 15.3 Å². The minimum absolute atomic E-state index is 0.411. The normalized spacial score (nSPS) is 14.9. The molecular weight excluding hydrogens is 208 g/mol. The van der Waals surface area contributed by atoms with Crippen LogP contribution in [0.5, 0.6) is 0 Å². The van der Waals surface area contributed by atoms with Crippen LogP contribution < -0.4 is 5.32 Å². The van der Waals surface area contributed by atoms with Crippen molar-refractivity contribution in [2.24, 2.45) is 0 Å².